The topological polar surface area (TPSA) is 24.9 Å². The Bertz CT molecular complexity index is 1370. The highest BCUT2D eigenvalue weighted by molar-refractivity contribution is 6.09. The van der Waals surface area contributed by atoms with Gasteiger partial charge in [-0.05, 0) is 60.2 Å². The molecule has 0 spiro atoms. The second-order valence-electron chi connectivity index (χ2n) is 7.99. The predicted molar refractivity (Wildman–Crippen MR) is 129 cm³/mol. The van der Waals surface area contributed by atoms with Crippen LogP contribution < -0.4 is 5.32 Å². The van der Waals surface area contributed by atoms with Gasteiger partial charge in [-0.1, -0.05) is 72.3 Å². The maximum atomic E-state index is 4.85. The van der Waals surface area contributed by atoms with E-state index in [2.05, 4.69) is 105 Å². The molecule has 0 atom stereocenters. The Labute approximate surface area is 177 Å². The number of pyridine rings is 1. The van der Waals surface area contributed by atoms with Gasteiger partial charge in [0.25, 0.3) is 0 Å². The van der Waals surface area contributed by atoms with Gasteiger partial charge in [0.1, 0.15) is 0 Å². The van der Waals surface area contributed by atoms with Crippen molar-refractivity contribution in [2.75, 3.05) is 5.32 Å². The van der Waals surface area contributed by atoms with Crippen molar-refractivity contribution in [3.8, 4) is 11.3 Å². The summed E-state index contributed by atoms with van der Waals surface area (Å²) in [5.74, 6) is 0. The molecule has 0 radical (unpaired) electrons. The minimum absolute atomic E-state index is 1.01. The summed E-state index contributed by atoms with van der Waals surface area (Å²) < 4.78 is 0. The van der Waals surface area contributed by atoms with E-state index in [0.29, 0.717) is 0 Å². The standard InChI is InChI=1S/C28H24N2/c1-18-16-19(2)27(20(3)17-18)30-25-13-12-21-8-4-6-10-23(21)26(25)28-24-11-7-5-9-22(24)14-15-29-28/h4-17,30H,1-3H3. The van der Waals surface area contributed by atoms with Gasteiger partial charge in [-0.3, -0.25) is 4.98 Å². The maximum Gasteiger partial charge on any atom is 0.0807 e. The second kappa shape index (κ2) is 7.31. The number of anilines is 2. The van der Waals surface area contributed by atoms with E-state index in [-0.39, 0.29) is 0 Å². The summed E-state index contributed by atoms with van der Waals surface area (Å²) in [6.45, 7) is 6.48. The molecule has 0 bridgehead atoms. The first-order valence-electron chi connectivity index (χ1n) is 10.3. The van der Waals surface area contributed by atoms with Crippen molar-refractivity contribution in [3.63, 3.8) is 0 Å². The van der Waals surface area contributed by atoms with Crippen molar-refractivity contribution in [3.05, 3.63) is 102 Å². The van der Waals surface area contributed by atoms with E-state index in [1.165, 1.54) is 32.8 Å². The summed E-state index contributed by atoms with van der Waals surface area (Å²) in [7, 11) is 0. The third-order valence-electron chi connectivity index (χ3n) is 5.78. The molecule has 2 nitrogen and oxygen atoms in total. The third-order valence-corrected chi connectivity index (χ3v) is 5.78. The fourth-order valence-electron chi connectivity index (χ4n) is 4.46. The van der Waals surface area contributed by atoms with E-state index < -0.39 is 0 Å². The van der Waals surface area contributed by atoms with E-state index in [0.717, 1.165) is 28.0 Å². The number of fused-ring (bicyclic) bond motifs is 2. The summed E-state index contributed by atoms with van der Waals surface area (Å²) in [6.07, 6.45) is 1.91. The maximum absolute atomic E-state index is 4.85. The number of benzene rings is 4. The van der Waals surface area contributed by atoms with E-state index in [9.17, 15) is 0 Å². The van der Waals surface area contributed by atoms with Gasteiger partial charge in [0, 0.05) is 28.5 Å². The highest BCUT2D eigenvalue weighted by Gasteiger charge is 2.15. The first-order chi connectivity index (χ1) is 14.6. The number of rotatable bonds is 3. The van der Waals surface area contributed by atoms with E-state index in [4.69, 9.17) is 4.98 Å². The lowest BCUT2D eigenvalue weighted by Crippen LogP contribution is -2.00. The van der Waals surface area contributed by atoms with Gasteiger partial charge in [0.05, 0.1) is 5.69 Å². The molecule has 146 valence electrons. The SMILES string of the molecule is Cc1cc(C)c(Nc2ccc3ccccc3c2-c2nccc3ccccc23)c(C)c1. The predicted octanol–water partition coefficient (Wildman–Crippen LogP) is 7.72. The van der Waals surface area contributed by atoms with Crippen molar-refractivity contribution in [2.24, 2.45) is 0 Å². The molecule has 1 N–H and O–H groups in total. The fraction of sp³-hybridized carbons (Fsp3) is 0.107. The molecule has 0 aliphatic rings. The molecular formula is C28H24N2. The lowest BCUT2D eigenvalue weighted by molar-refractivity contribution is 1.31. The lowest BCUT2D eigenvalue weighted by atomic mass is 9.95. The van der Waals surface area contributed by atoms with Gasteiger partial charge in [-0.25, -0.2) is 0 Å². The Hall–Kier alpha value is -3.65. The Morgan fingerprint density at radius 3 is 2.03 bits per heavy atom. The molecule has 2 heteroatoms. The molecule has 1 aromatic heterocycles. The van der Waals surface area contributed by atoms with E-state index in [1.807, 2.05) is 6.20 Å². The molecule has 0 saturated heterocycles. The Balaban J connectivity index is 1.81. The quantitative estimate of drug-likeness (QED) is 0.342. The monoisotopic (exact) mass is 388 g/mol. The highest BCUT2D eigenvalue weighted by atomic mass is 14.9. The van der Waals surface area contributed by atoms with E-state index in [1.54, 1.807) is 0 Å². The molecule has 30 heavy (non-hydrogen) atoms. The highest BCUT2D eigenvalue weighted by Crippen LogP contribution is 2.40. The van der Waals surface area contributed by atoms with Gasteiger partial charge in [0.15, 0.2) is 0 Å². The Kier molecular flexibility index (Phi) is 4.48. The smallest absolute Gasteiger partial charge is 0.0807 e. The Morgan fingerprint density at radius 2 is 1.30 bits per heavy atom. The lowest BCUT2D eigenvalue weighted by Gasteiger charge is -2.19. The van der Waals surface area contributed by atoms with Crippen LogP contribution >= 0.6 is 0 Å². The van der Waals surface area contributed by atoms with Gasteiger partial charge in [-0.2, -0.15) is 0 Å². The molecule has 5 rings (SSSR count). The van der Waals surface area contributed by atoms with Crippen LogP contribution in [-0.2, 0) is 0 Å². The molecule has 0 aliphatic heterocycles. The zero-order valence-corrected chi connectivity index (χ0v) is 17.5. The molecule has 1 heterocycles. The van der Waals surface area contributed by atoms with Crippen LogP contribution in [0.2, 0.25) is 0 Å². The molecule has 0 saturated carbocycles. The number of aryl methyl sites for hydroxylation is 3. The van der Waals surface area contributed by atoms with Crippen LogP contribution in [0.5, 0.6) is 0 Å². The molecule has 0 fully saturated rings. The van der Waals surface area contributed by atoms with Gasteiger partial charge in [-0.15, -0.1) is 0 Å². The van der Waals surface area contributed by atoms with Crippen molar-refractivity contribution < 1.29 is 0 Å². The van der Waals surface area contributed by atoms with Crippen molar-refractivity contribution in [1.82, 2.24) is 4.98 Å². The number of hydrogen-bond donors (Lipinski definition) is 1. The van der Waals surface area contributed by atoms with Crippen molar-refractivity contribution >= 4 is 32.9 Å². The van der Waals surface area contributed by atoms with Gasteiger partial charge < -0.3 is 5.32 Å². The number of nitrogens with zero attached hydrogens (tertiary/aromatic N) is 1. The molecule has 4 aromatic carbocycles. The van der Waals surface area contributed by atoms with Crippen molar-refractivity contribution in [1.29, 1.82) is 0 Å². The summed E-state index contributed by atoms with van der Waals surface area (Å²) >= 11 is 0. The zero-order valence-electron chi connectivity index (χ0n) is 17.5. The molecule has 0 unspecified atom stereocenters. The third kappa shape index (κ3) is 3.11. The first-order valence-corrected chi connectivity index (χ1v) is 10.3. The van der Waals surface area contributed by atoms with Gasteiger partial charge >= 0.3 is 0 Å². The first kappa shape index (κ1) is 18.4. The van der Waals surface area contributed by atoms with Crippen LogP contribution in [0.25, 0.3) is 32.8 Å². The second-order valence-corrected chi connectivity index (χ2v) is 7.99. The van der Waals surface area contributed by atoms with Crippen LogP contribution in [-0.4, -0.2) is 4.98 Å². The van der Waals surface area contributed by atoms with E-state index >= 15 is 0 Å². The molecule has 0 amide bonds. The van der Waals surface area contributed by atoms with Crippen molar-refractivity contribution in [2.45, 2.75) is 20.8 Å². The molecular weight excluding hydrogens is 364 g/mol. The summed E-state index contributed by atoms with van der Waals surface area (Å²) in [4.78, 5) is 4.85. The van der Waals surface area contributed by atoms with Gasteiger partial charge in [0.2, 0.25) is 0 Å². The number of aromatic nitrogens is 1. The van der Waals surface area contributed by atoms with Crippen LogP contribution in [0.3, 0.4) is 0 Å². The largest absolute Gasteiger partial charge is 0.355 e. The summed E-state index contributed by atoms with van der Waals surface area (Å²) in [5.41, 5.74) is 8.17. The summed E-state index contributed by atoms with van der Waals surface area (Å²) in [5, 5.41) is 8.53. The zero-order chi connectivity index (χ0) is 20.7. The minimum Gasteiger partial charge on any atom is -0.355 e. The van der Waals surface area contributed by atoms with Crippen LogP contribution in [0, 0.1) is 20.8 Å². The molecule has 5 aromatic rings. The minimum atomic E-state index is 1.01. The van der Waals surface area contributed by atoms with Crippen LogP contribution in [0.4, 0.5) is 11.4 Å². The average molecular weight is 389 g/mol. The van der Waals surface area contributed by atoms with Crippen LogP contribution in [0.15, 0.2) is 85.1 Å². The number of nitrogens with one attached hydrogen (secondary N) is 1. The molecule has 0 aliphatic carbocycles. The average Bonchev–Trinajstić information content (AvgIpc) is 2.75. The van der Waals surface area contributed by atoms with Crippen LogP contribution in [0.1, 0.15) is 16.7 Å². The number of hydrogen-bond acceptors (Lipinski definition) is 2. The summed E-state index contributed by atoms with van der Waals surface area (Å²) in [6, 6.07) is 27.9. The normalized spacial score (nSPS) is 11.2. The Morgan fingerprint density at radius 1 is 0.667 bits per heavy atom. The fourth-order valence-corrected chi connectivity index (χ4v) is 4.46.